The Kier molecular flexibility index (Phi) is 2.52. The molecule has 82 valence electrons. The molecule has 1 aliphatic carbocycles. The maximum absolute atomic E-state index is 6.16. The molecule has 1 aliphatic rings. The predicted octanol–water partition coefficient (Wildman–Crippen LogP) is 2.74. The van der Waals surface area contributed by atoms with Crippen molar-refractivity contribution >= 4 is 11.6 Å². The molecule has 1 fully saturated rings. The lowest BCUT2D eigenvalue weighted by Gasteiger charge is -2.05. The molecule has 0 aliphatic heterocycles. The summed E-state index contributed by atoms with van der Waals surface area (Å²) in [6.45, 7) is 7.16. The van der Waals surface area contributed by atoms with Gasteiger partial charge in [0.2, 0.25) is 0 Å². The molecule has 0 aromatic carbocycles. The number of nitrogens with zero attached hydrogens (tertiary/aromatic N) is 1. The summed E-state index contributed by atoms with van der Waals surface area (Å²) in [5, 5.41) is 0.643. The second-order valence-corrected chi connectivity index (χ2v) is 5.33. The van der Waals surface area contributed by atoms with Crippen molar-refractivity contribution in [3.8, 4) is 0 Å². The van der Waals surface area contributed by atoms with Gasteiger partial charge in [-0.2, -0.15) is 0 Å². The van der Waals surface area contributed by atoms with E-state index in [0.717, 1.165) is 17.8 Å². The number of rotatable bonds is 2. The van der Waals surface area contributed by atoms with E-state index in [1.54, 1.807) is 0 Å². The minimum atomic E-state index is 0.273. The monoisotopic (exact) mass is 224 g/mol. The fraction of sp³-hybridized carbons (Fsp3) is 0.583. The zero-order valence-corrected chi connectivity index (χ0v) is 10.2. The SMILES string of the molecule is Cc1ccc([C@@H]2[C@@H](CN)C2(C)C)c(Cl)n1. The summed E-state index contributed by atoms with van der Waals surface area (Å²) in [6.07, 6.45) is 0. The highest BCUT2D eigenvalue weighted by Gasteiger charge is 2.57. The number of hydrogen-bond donors (Lipinski definition) is 1. The summed E-state index contributed by atoms with van der Waals surface area (Å²) in [7, 11) is 0. The van der Waals surface area contributed by atoms with Crippen molar-refractivity contribution in [3.63, 3.8) is 0 Å². The summed E-state index contributed by atoms with van der Waals surface area (Å²) >= 11 is 6.16. The van der Waals surface area contributed by atoms with Gasteiger partial charge in [-0.15, -0.1) is 0 Å². The molecule has 1 heterocycles. The lowest BCUT2D eigenvalue weighted by atomic mass is 10.0. The zero-order valence-electron chi connectivity index (χ0n) is 9.42. The summed E-state index contributed by atoms with van der Waals surface area (Å²) < 4.78 is 0. The lowest BCUT2D eigenvalue weighted by molar-refractivity contribution is 0.558. The van der Waals surface area contributed by atoms with Crippen molar-refractivity contribution in [1.29, 1.82) is 0 Å². The molecule has 2 N–H and O–H groups in total. The van der Waals surface area contributed by atoms with Crippen molar-refractivity contribution < 1.29 is 0 Å². The molecule has 15 heavy (non-hydrogen) atoms. The third kappa shape index (κ3) is 1.66. The van der Waals surface area contributed by atoms with E-state index >= 15 is 0 Å². The van der Waals surface area contributed by atoms with E-state index < -0.39 is 0 Å². The van der Waals surface area contributed by atoms with Crippen LogP contribution in [-0.4, -0.2) is 11.5 Å². The Bertz CT molecular complexity index is 387. The first kappa shape index (κ1) is 10.9. The number of nitrogens with two attached hydrogens (primary N) is 1. The Labute approximate surface area is 95.8 Å². The second kappa shape index (κ2) is 3.46. The van der Waals surface area contributed by atoms with Crippen LogP contribution in [0.1, 0.15) is 31.0 Å². The third-order valence-corrected chi connectivity index (χ3v) is 3.96. The van der Waals surface area contributed by atoms with E-state index in [1.807, 2.05) is 13.0 Å². The van der Waals surface area contributed by atoms with Gasteiger partial charge in [0.05, 0.1) is 0 Å². The third-order valence-electron chi connectivity index (χ3n) is 3.66. The van der Waals surface area contributed by atoms with Gasteiger partial charge in [-0.3, -0.25) is 0 Å². The van der Waals surface area contributed by atoms with E-state index in [0.29, 0.717) is 17.0 Å². The van der Waals surface area contributed by atoms with Crippen LogP contribution < -0.4 is 5.73 Å². The van der Waals surface area contributed by atoms with Crippen LogP contribution in [0.15, 0.2) is 12.1 Å². The molecule has 2 rings (SSSR count). The van der Waals surface area contributed by atoms with Crippen LogP contribution in [0, 0.1) is 18.3 Å². The Morgan fingerprint density at radius 3 is 2.60 bits per heavy atom. The second-order valence-electron chi connectivity index (χ2n) is 4.97. The number of hydrogen-bond acceptors (Lipinski definition) is 2. The van der Waals surface area contributed by atoms with Gasteiger partial charge in [-0.1, -0.05) is 31.5 Å². The van der Waals surface area contributed by atoms with Gasteiger partial charge in [-0.25, -0.2) is 4.98 Å². The molecule has 2 atom stereocenters. The molecule has 0 saturated heterocycles. The van der Waals surface area contributed by atoms with Crippen LogP contribution in [0.25, 0.3) is 0 Å². The van der Waals surface area contributed by atoms with E-state index in [4.69, 9.17) is 17.3 Å². The molecule has 1 saturated carbocycles. The molecule has 1 aromatic rings. The molecule has 0 bridgehead atoms. The molecule has 0 radical (unpaired) electrons. The number of aryl methyl sites for hydroxylation is 1. The number of pyridine rings is 1. The van der Waals surface area contributed by atoms with Crippen molar-refractivity contribution in [2.45, 2.75) is 26.7 Å². The number of aromatic nitrogens is 1. The smallest absolute Gasteiger partial charge is 0.132 e. The highest BCUT2D eigenvalue weighted by atomic mass is 35.5. The van der Waals surface area contributed by atoms with Gasteiger partial charge in [0, 0.05) is 5.69 Å². The van der Waals surface area contributed by atoms with E-state index in [9.17, 15) is 0 Å². The van der Waals surface area contributed by atoms with E-state index in [2.05, 4.69) is 24.9 Å². The van der Waals surface area contributed by atoms with Gasteiger partial charge in [0.25, 0.3) is 0 Å². The van der Waals surface area contributed by atoms with Crippen LogP contribution in [0.4, 0.5) is 0 Å². The van der Waals surface area contributed by atoms with Gasteiger partial charge in [-0.05, 0) is 42.3 Å². The highest BCUT2D eigenvalue weighted by molar-refractivity contribution is 6.30. The first-order valence-corrected chi connectivity index (χ1v) is 5.69. The molecule has 2 nitrogen and oxygen atoms in total. The van der Waals surface area contributed by atoms with E-state index in [1.165, 1.54) is 0 Å². The fourth-order valence-corrected chi connectivity index (χ4v) is 2.88. The maximum Gasteiger partial charge on any atom is 0.132 e. The molecule has 0 amide bonds. The van der Waals surface area contributed by atoms with Gasteiger partial charge >= 0.3 is 0 Å². The van der Waals surface area contributed by atoms with Crippen LogP contribution in [-0.2, 0) is 0 Å². The Hall–Kier alpha value is -0.600. The fourth-order valence-electron chi connectivity index (χ4n) is 2.57. The predicted molar refractivity (Wildman–Crippen MR) is 63.1 cm³/mol. The molecule has 3 heteroatoms. The van der Waals surface area contributed by atoms with Crippen LogP contribution in [0.5, 0.6) is 0 Å². The molecule has 0 spiro atoms. The highest BCUT2D eigenvalue weighted by Crippen LogP contribution is 2.64. The van der Waals surface area contributed by atoms with E-state index in [-0.39, 0.29) is 5.41 Å². The summed E-state index contributed by atoms with van der Waals surface area (Å²) in [5.41, 5.74) is 8.15. The molecule has 0 unspecified atom stereocenters. The Morgan fingerprint density at radius 1 is 1.47 bits per heavy atom. The maximum atomic E-state index is 6.16. The summed E-state index contributed by atoms with van der Waals surface area (Å²) in [5.74, 6) is 1.02. The Morgan fingerprint density at radius 2 is 2.13 bits per heavy atom. The average Bonchev–Trinajstić information content (AvgIpc) is 2.68. The minimum absolute atomic E-state index is 0.273. The van der Waals surface area contributed by atoms with Crippen molar-refractivity contribution in [3.05, 3.63) is 28.5 Å². The quantitative estimate of drug-likeness (QED) is 0.785. The topological polar surface area (TPSA) is 38.9 Å². The average molecular weight is 225 g/mol. The summed E-state index contributed by atoms with van der Waals surface area (Å²) in [4.78, 5) is 4.29. The first-order valence-electron chi connectivity index (χ1n) is 5.31. The minimum Gasteiger partial charge on any atom is -0.330 e. The van der Waals surface area contributed by atoms with Gasteiger partial charge in [0.15, 0.2) is 0 Å². The molecular weight excluding hydrogens is 208 g/mol. The lowest BCUT2D eigenvalue weighted by Crippen LogP contribution is -2.05. The van der Waals surface area contributed by atoms with Crippen molar-refractivity contribution in [2.75, 3.05) is 6.54 Å². The summed E-state index contributed by atoms with van der Waals surface area (Å²) in [6, 6.07) is 4.11. The number of halogens is 1. The van der Waals surface area contributed by atoms with Crippen LogP contribution >= 0.6 is 11.6 Å². The van der Waals surface area contributed by atoms with Crippen molar-refractivity contribution in [2.24, 2.45) is 17.1 Å². The largest absolute Gasteiger partial charge is 0.330 e. The normalized spacial score (nSPS) is 27.8. The standard InChI is InChI=1S/C12H17ClN2/c1-7-4-5-8(11(13)15-7)10-9(6-14)12(10,2)3/h4-5,9-10H,6,14H2,1-3H3/t9-,10-/m1/s1. The van der Waals surface area contributed by atoms with Crippen molar-refractivity contribution in [1.82, 2.24) is 4.98 Å². The molecule has 1 aromatic heterocycles. The zero-order chi connectivity index (χ0) is 11.2. The first-order chi connectivity index (χ1) is 6.98. The van der Waals surface area contributed by atoms with Crippen LogP contribution in [0.3, 0.4) is 0 Å². The Balaban J connectivity index is 2.33. The molecular formula is C12H17ClN2. The van der Waals surface area contributed by atoms with Crippen LogP contribution in [0.2, 0.25) is 5.15 Å². The van der Waals surface area contributed by atoms with Gasteiger partial charge in [0.1, 0.15) is 5.15 Å². The van der Waals surface area contributed by atoms with Gasteiger partial charge < -0.3 is 5.73 Å².